The van der Waals surface area contributed by atoms with Crippen molar-refractivity contribution in [2.24, 2.45) is 0 Å². The van der Waals surface area contributed by atoms with Crippen LogP contribution in [0.4, 0.5) is 0 Å². The number of hydrogen-bond acceptors (Lipinski definition) is 5. The van der Waals surface area contributed by atoms with Gasteiger partial charge in [0, 0.05) is 27.0 Å². The largest absolute Gasteiger partial charge is 0.506 e. The van der Waals surface area contributed by atoms with Crippen LogP contribution in [0.1, 0.15) is 10.4 Å². The van der Waals surface area contributed by atoms with Gasteiger partial charge in [0.2, 0.25) is 0 Å². The summed E-state index contributed by atoms with van der Waals surface area (Å²) >= 11 is 0. The lowest BCUT2D eigenvalue weighted by Crippen LogP contribution is -2.35. The van der Waals surface area contributed by atoms with Crippen LogP contribution >= 0.6 is 0 Å². The van der Waals surface area contributed by atoms with Gasteiger partial charge in [-0.15, -0.1) is 0 Å². The molecule has 1 aromatic heterocycles. The molecule has 1 amide bonds. The van der Waals surface area contributed by atoms with Crippen molar-refractivity contribution in [1.29, 1.82) is 0 Å². The molecule has 0 spiro atoms. The van der Waals surface area contributed by atoms with Crippen LogP contribution in [0.5, 0.6) is 5.75 Å². The second-order valence-corrected chi connectivity index (χ2v) is 3.45. The fourth-order valence-corrected chi connectivity index (χ4v) is 1.26. The van der Waals surface area contributed by atoms with Gasteiger partial charge in [-0.05, 0) is 6.07 Å². The number of carbonyl (C=O) groups excluding carboxylic acids is 1. The molecule has 6 heteroatoms. The Bertz CT molecular complexity index is 370. The van der Waals surface area contributed by atoms with Crippen LogP contribution in [0, 0.1) is 0 Å². The maximum atomic E-state index is 11.7. The molecular weight excluding hydrogens is 224 g/mol. The van der Waals surface area contributed by atoms with Gasteiger partial charge in [-0.1, -0.05) is 0 Å². The highest BCUT2D eigenvalue weighted by Crippen LogP contribution is 2.08. The number of carbonyl (C=O) groups is 1. The number of ether oxygens (including phenoxy) is 2. The van der Waals surface area contributed by atoms with E-state index < -0.39 is 0 Å². The van der Waals surface area contributed by atoms with E-state index in [4.69, 9.17) is 9.47 Å². The third kappa shape index (κ3) is 4.38. The van der Waals surface area contributed by atoms with Gasteiger partial charge in [0.15, 0.2) is 0 Å². The van der Waals surface area contributed by atoms with E-state index in [1.54, 1.807) is 14.2 Å². The average molecular weight is 240 g/mol. The highest BCUT2D eigenvalue weighted by molar-refractivity contribution is 5.94. The molecule has 0 saturated carbocycles. The second kappa shape index (κ2) is 6.82. The Balaban J connectivity index is 2.49. The van der Waals surface area contributed by atoms with Crippen LogP contribution in [0.2, 0.25) is 0 Å². The van der Waals surface area contributed by atoms with Gasteiger partial charge in [0.05, 0.1) is 24.5 Å². The van der Waals surface area contributed by atoms with E-state index in [9.17, 15) is 9.90 Å². The van der Waals surface area contributed by atoms with Crippen molar-refractivity contribution in [3.05, 3.63) is 24.0 Å². The monoisotopic (exact) mass is 240 g/mol. The number of nitrogens with zero attached hydrogens (tertiary/aromatic N) is 1. The SMILES string of the molecule is COCC(CNC(=O)c1cncc(O)c1)OC. The van der Waals surface area contributed by atoms with Gasteiger partial charge in [-0.3, -0.25) is 9.78 Å². The van der Waals surface area contributed by atoms with Gasteiger partial charge in [-0.2, -0.15) is 0 Å². The molecule has 0 aliphatic heterocycles. The standard InChI is InChI=1S/C11H16N2O4/c1-16-7-10(17-2)6-13-11(15)8-3-9(14)5-12-4-8/h3-5,10,14H,6-7H2,1-2H3,(H,13,15). The first-order valence-corrected chi connectivity index (χ1v) is 5.11. The molecule has 1 rings (SSSR count). The zero-order chi connectivity index (χ0) is 12.7. The van der Waals surface area contributed by atoms with Gasteiger partial charge in [0.1, 0.15) is 5.75 Å². The Hall–Kier alpha value is -1.66. The Kier molecular flexibility index (Phi) is 5.38. The molecule has 1 atom stereocenters. The minimum atomic E-state index is -0.313. The van der Waals surface area contributed by atoms with Crippen LogP contribution in [-0.4, -0.2) is 49.5 Å². The number of rotatable bonds is 6. The molecular formula is C11H16N2O4. The molecule has 17 heavy (non-hydrogen) atoms. The summed E-state index contributed by atoms with van der Waals surface area (Å²) in [4.78, 5) is 15.4. The summed E-state index contributed by atoms with van der Waals surface area (Å²) in [5.41, 5.74) is 0.303. The van der Waals surface area contributed by atoms with Gasteiger partial charge >= 0.3 is 0 Å². The van der Waals surface area contributed by atoms with E-state index in [1.165, 1.54) is 18.5 Å². The van der Waals surface area contributed by atoms with Gasteiger partial charge in [-0.25, -0.2) is 0 Å². The third-order valence-corrected chi connectivity index (χ3v) is 2.16. The highest BCUT2D eigenvalue weighted by Gasteiger charge is 2.11. The summed E-state index contributed by atoms with van der Waals surface area (Å²) in [5, 5.41) is 11.8. The molecule has 0 fully saturated rings. The maximum absolute atomic E-state index is 11.7. The molecule has 6 nitrogen and oxygen atoms in total. The van der Waals surface area contributed by atoms with Crippen molar-refractivity contribution in [1.82, 2.24) is 10.3 Å². The van der Waals surface area contributed by atoms with E-state index in [-0.39, 0.29) is 17.8 Å². The number of methoxy groups -OCH3 is 2. The molecule has 2 N–H and O–H groups in total. The van der Waals surface area contributed by atoms with E-state index in [0.29, 0.717) is 18.7 Å². The molecule has 1 aromatic rings. The number of aromatic nitrogens is 1. The van der Waals surface area contributed by atoms with Gasteiger partial charge in [0.25, 0.3) is 5.91 Å². The van der Waals surface area contributed by atoms with Crippen molar-refractivity contribution in [3.8, 4) is 5.75 Å². The Labute approximate surface area is 99.6 Å². The quantitative estimate of drug-likeness (QED) is 0.741. The Morgan fingerprint density at radius 3 is 2.88 bits per heavy atom. The lowest BCUT2D eigenvalue weighted by atomic mass is 10.2. The average Bonchev–Trinajstić information content (AvgIpc) is 2.34. The second-order valence-electron chi connectivity index (χ2n) is 3.45. The van der Waals surface area contributed by atoms with Crippen LogP contribution in [0.15, 0.2) is 18.5 Å². The first-order chi connectivity index (χ1) is 8.17. The normalized spacial score (nSPS) is 12.1. The Morgan fingerprint density at radius 1 is 1.53 bits per heavy atom. The zero-order valence-electron chi connectivity index (χ0n) is 9.84. The molecule has 0 aliphatic rings. The number of hydrogen-bond donors (Lipinski definition) is 2. The van der Waals surface area contributed by atoms with Crippen LogP contribution in [-0.2, 0) is 9.47 Å². The van der Waals surface area contributed by atoms with Crippen LogP contribution < -0.4 is 5.32 Å². The summed E-state index contributed by atoms with van der Waals surface area (Å²) in [6.45, 7) is 0.730. The van der Waals surface area contributed by atoms with Crippen molar-refractivity contribution in [2.45, 2.75) is 6.10 Å². The molecule has 0 saturated heterocycles. The number of amides is 1. The van der Waals surface area contributed by atoms with E-state index >= 15 is 0 Å². The predicted molar refractivity (Wildman–Crippen MR) is 60.9 cm³/mol. The van der Waals surface area contributed by atoms with Crippen molar-refractivity contribution in [3.63, 3.8) is 0 Å². The molecule has 0 aliphatic carbocycles. The minimum Gasteiger partial charge on any atom is -0.506 e. The lowest BCUT2D eigenvalue weighted by molar-refractivity contribution is 0.0285. The summed E-state index contributed by atoms with van der Waals surface area (Å²) in [5.74, 6) is -0.357. The van der Waals surface area contributed by atoms with Crippen molar-refractivity contribution in [2.75, 3.05) is 27.4 Å². The number of pyridine rings is 1. The smallest absolute Gasteiger partial charge is 0.253 e. The van der Waals surface area contributed by atoms with E-state index in [1.807, 2.05) is 0 Å². The maximum Gasteiger partial charge on any atom is 0.253 e. The molecule has 94 valence electrons. The molecule has 0 aromatic carbocycles. The zero-order valence-corrected chi connectivity index (χ0v) is 9.84. The third-order valence-electron chi connectivity index (χ3n) is 2.16. The van der Waals surface area contributed by atoms with Crippen molar-refractivity contribution >= 4 is 5.91 Å². The first kappa shape index (κ1) is 13.4. The van der Waals surface area contributed by atoms with E-state index in [0.717, 1.165) is 0 Å². The lowest BCUT2D eigenvalue weighted by Gasteiger charge is -2.14. The van der Waals surface area contributed by atoms with Crippen LogP contribution in [0.25, 0.3) is 0 Å². The molecule has 1 heterocycles. The fourth-order valence-electron chi connectivity index (χ4n) is 1.26. The first-order valence-electron chi connectivity index (χ1n) is 5.11. The summed E-state index contributed by atoms with van der Waals surface area (Å²) < 4.78 is 10.0. The predicted octanol–water partition coefficient (Wildman–Crippen LogP) is 0.178. The Morgan fingerprint density at radius 2 is 2.29 bits per heavy atom. The number of nitrogens with one attached hydrogen (secondary N) is 1. The topological polar surface area (TPSA) is 80.7 Å². The van der Waals surface area contributed by atoms with Crippen LogP contribution in [0.3, 0.4) is 0 Å². The summed E-state index contributed by atoms with van der Waals surface area (Å²) in [6.07, 6.45) is 2.45. The molecule has 0 bridgehead atoms. The molecule has 1 unspecified atom stereocenters. The van der Waals surface area contributed by atoms with Crippen molar-refractivity contribution < 1.29 is 19.4 Å². The minimum absolute atomic E-state index is 0.0437. The van der Waals surface area contributed by atoms with Gasteiger partial charge < -0.3 is 19.9 Å². The van der Waals surface area contributed by atoms with E-state index in [2.05, 4.69) is 10.3 Å². The molecule has 0 radical (unpaired) electrons. The fraction of sp³-hybridized carbons (Fsp3) is 0.455. The number of aromatic hydroxyl groups is 1. The highest BCUT2D eigenvalue weighted by atomic mass is 16.5. The summed E-state index contributed by atoms with van der Waals surface area (Å²) in [7, 11) is 3.11. The summed E-state index contributed by atoms with van der Waals surface area (Å²) in [6, 6.07) is 1.35.